The largest absolute Gasteiger partial charge is 0.496 e. The minimum absolute atomic E-state index is 0.0257. The maximum Gasteiger partial charge on any atom is 0.325 e. The van der Waals surface area contributed by atoms with E-state index in [-0.39, 0.29) is 17.2 Å². The molecule has 8 heteroatoms. The van der Waals surface area contributed by atoms with Gasteiger partial charge < -0.3 is 10.1 Å². The van der Waals surface area contributed by atoms with Gasteiger partial charge >= 0.3 is 6.03 Å². The molecule has 0 unspecified atom stereocenters. The number of methoxy groups -OCH3 is 1. The van der Waals surface area contributed by atoms with Gasteiger partial charge in [0.05, 0.1) is 18.6 Å². The lowest BCUT2D eigenvalue weighted by Crippen LogP contribution is -2.45. The zero-order valence-corrected chi connectivity index (χ0v) is 17.9. The Labute approximate surface area is 188 Å². The van der Waals surface area contributed by atoms with E-state index < -0.39 is 23.2 Å². The molecule has 3 amide bonds. The molecule has 0 aromatic heterocycles. The molecule has 1 aliphatic rings. The summed E-state index contributed by atoms with van der Waals surface area (Å²) in [6.07, 6.45) is 0. The van der Waals surface area contributed by atoms with Crippen LogP contribution in [-0.2, 0) is 16.9 Å². The number of hydrogen-bond donors (Lipinski definition) is 1. The molecule has 1 heterocycles. The molecule has 1 N–H and O–H groups in total. The first-order valence-corrected chi connectivity index (χ1v) is 10.7. The lowest BCUT2D eigenvalue weighted by atomic mass is 9.82. The minimum atomic E-state index is -2.59. The number of carbonyl (C=O) groups is 2. The van der Waals surface area contributed by atoms with E-state index in [4.69, 9.17) is 4.74 Å². The fourth-order valence-electron chi connectivity index (χ4n) is 3.84. The molecule has 32 heavy (non-hydrogen) atoms. The molecule has 5 nitrogen and oxygen atoms in total. The highest BCUT2D eigenvalue weighted by atomic mass is 32.2. The van der Waals surface area contributed by atoms with E-state index in [1.807, 2.05) is 36.4 Å². The van der Waals surface area contributed by atoms with Crippen LogP contribution in [0.15, 0.2) is 83.8 Å². The van der Waals surface area contributed by atoms with Crippen LogP contribution in [0.1, 0.15) is 16.7 Å². The van der Waals surface area contributed by atoms with Crippen molar-refractivity contribution in [3.05, 3.63) is 95.6 Å². The summed E-state index contributed by atoms with van der Waals surface area (Å²) in [5.41, 5.74) is 0.525. The summed E-state index contributed by atoms with van der Waals surface area (Å²) in [6.45, 7) is -0.0257. The van der Waals surface area contributed by atoms with E-state index in [1.165, 1.54) is 13.2 Å². The second-order valence-corrected chi connectivity index (χ2v) is 8.20. The van der Waals surface area contributed by atoms with Gasteiger partial charge in [0.25, 0.3) is 11.7 Å². The molecule has 1 fully saturated rings. The van der Waals surface area contributed by atoms with Crippen LogP contribution in [0.3, 0.4) is 0 Å². The van der Waals surface area contributed by atoms with Gasteiger partial charge in [-0.1, -0.05) is 78.5 Å². The summed E-state index contributed by atoms with van der Waals surface area (Å²) in [7, 11) is 1.39. The van der Waals surface area contributed by atoms with Gasteiger partial charge in [0.15, 0.2) is 5.54 Å². The van der Waals surface area contributed by atoms with Crippen molar-refractivity contribution in [2.75, 3.05) is 7.11 Å². The Morgan fingerprint density at radius 3 is 2.09 bits per heavy atom. The van der Waals surface area contributed by atoms with Crippen LogP contribution >= 0.6 is 11.8 Å². The molecule has 1 aliphatic heterocycles. The Kier molecular flexibility index (Phi) is 6.14. The fourth-order valence-corrected chi connectivity index (χ4v) is 4.44. The van der Waals surface area contributed by atoms with Crippen molar-refractivity contribution in [1.82, 2.24) is 10.2 Å². The van der Waals surface area contributed by atoms with Crippen LogP contribution in [0.25, 0.3) is 0 Å². The van der Waals surface area contributed by atoms with Crippen molar-refractivity contribution < 1.29 is 23.1 Å². The number of thioether (sulfide) groups is 1. The Morgan fingerprint density at radius 2 is 1.56 bits per heavy atom. The quantitative estimate of drug-likeness (QED) is 0.403. The third-order valence-electron chi connectivity index (χ3n) is 5.30. The first-order valence-electron chi connectivity index (χ1n) is 9.82. The number of hydrogen-bond acceptors (Lipinski definition) is 4. The number of carbonyl (C=O) groups excluding carboxylic acids is 2. The topological polar surface area (TPSA) is 58.6 Å². The van der Waals surface area contributed by atoms with Gasteiger partial charge in [-0.2, -0.15) is 8.78 Å². The summed E-state index contributed by atoms with van der Waals surface area (Å²) < 4.78 is 30.8. The zero-order chi connectivity index (χ0) is 22.7. The molecule has 3 aromatic rings. The number of urea groups is 1. The smallest absolute Gasteiger partial charge is 0.325 e. The number of alkyl halides is 2. The van der Waals surface area contributed by atoms with Crippen molar-refractivity contribution in [3.63, 3.8) is 0 Å². The van der Waals surface area contributed by atoms with Gasteiger partial charge in [-0.3, -0.25) is 9.69 Å². The van der Waals surface area contributed by atoms with E-state index >= 15 is 0 Å². The van der Waals surface area contributed by atoms with Gasteiger partial charge in [0.2, 0.25) is 0 Å². The predicted molar refractivity (Wildman–Crippen MR) is 118 cm³/mol. The van der Waals surface area contributed by atoms with Crippen molar-refractivity contribution in [3.8, 4) is 5.75 Å². The van der Waals surface area contributed by atoms with Crippen molar-refractivity contribution in [2.45, 2.75) is 22.7 Å². The second-order valence-electron chi connectivity index (χ2n) is 7.17. The number of benzene rings is 3. The molecule has 0 radical (unpaired) electrons. The molecule has 4 rings (SSSR count). The SMILES string of the molecule is COc1cc(CN2C(=O)NC(c3ccccc3)(c3ccccc3)C2=O)ccc1SC(F)F. The Bertz CT molecular complexity index is 1090. The normalized spacial score (nSPS) is 15.2. The molecule has 0 bridgehead atoms. The third kappa shape index (κ3) is 3.93. The van der Waals surface area contributed by atoms with Crippen molar-refractivity contribution >= 4 is 23.7 Å². The number of nitrogens with zero attached hydrogens (tertiary/aromatic N) is 1. The highest BCUT2D eigenvalue weighted by Crippen LogP contribution is 2.38. The maximum atomic E-state index is 13.7. The van der Waals surface area contributed by atoms with Crippen molar-refractivity contribution in [1.29, 1.82) is 0 Å². The molecule has 164 valence electrons. The number of nitrogens with one attached hydrogen (secondary N) is 1. The average Bonchev–Trinajstić information content (AvgIpc) is 3.06. The summed E-state index contributed by atoms with van der Waals surface area (Å²) in [6, 6.07) is 22.3. The van der Waals surface area contributed by atoms with E-state index in [0.29, 0.717) is 28.5 Å². The second kappa shape index (κ2) is 9.00. The third-order valence-corrected chi connectivity index (χ3v) is 6.07. The van der Waals surface area contributed by atoms with Gasteiger partial charge in [-0.25, -0.2) is 4.79 Å². The highest BCUT2D eigenvalue weighted by molar-refractivity contribution is 7.99. The standard InChI is InChI=1S/C24H20F2N2O3S/c1-31-19-14-16(12-13-20(19)32-22(25)26)15-28-21(29)24(27-23(28)30,17-8-4-2-5-9-17)18-10-6-3-7-11-18/h2-14,22H,15H2,1H3,(H,27,30). The summed E-state index contributed by atoms with van der Waals surface area (Å²) >= 11 is 0.378. The predicted octanol–water partition coefficient (Wildman–Crippen LogP) is 5.01. The van der Waals surface area contributed by atoms with Crippen LogP contribution in [-0.4, -0.2) is 29.7 Å². The summed E-state index contributed by atoms with van der Waals surface area (Å²) in [4.78, 5) is 28.1. The van der Waals surface area contributed by atoms with Crippen LogP contribution in [0.2, 0.25) is 0 Å². The number of amides is 3. The Hall–Kier alpha value is -3.39. The molecular weight excluding hydrogens is 434 g/mol. The average molecular weight is 454 g/mol. The highest BCUT2D eigenvalue weighted by Gasteiger charge is 2.53. The van der Waals surface area contributed by atoms with Gasteiger partial charge in [0.1, 0.15) is 5.75 Å². The van der Waals surface area contributed by atoms with Gasteiger partial charge in [-0.05, 0) is 28.8 Å². The molecule has 0 saturated carbocycles. The van der Waals surface area contributed by atoms with Crippen molar-refractivity contribution in [2.24, 2.45) is 0 Å². The summed E-state index contributed by atoms with van der Waals surface area (Å²) in [5, 5.41) is 2.89. The van der Waals surface area contributed by atoms with E-state index in [1.54, 1.807) is 36.4 Å². The first kappa shape index (κ1) is 21.8. The van der Waals surface area contributed by atoms with Crippen LogP contribution in [0, 0.1) is 0 Å². The van der Waals surface area contributed by atoms with E-state index in [2.05, 4.69) is 5.32 Å². The lowest BCUT2D eigenvalue weighted by molar-refractivity contribution is -0.130. The lowest BCUT2D eigenvalue weighted by Gasteiger charge is -2.28. The van der Waals surface area contributed by atoms with Crippen LogP contribution in [0.4, 0.5) is 13.6 Å². The number of rotatable bonds is 7. The van der Waals surface area contributed by atoms with Gasteiger partial charge in [0, 0.05) is 0 Å². The zero-order valence-electron chi connectivity index (χ0n) is 17.1. The van der Waals surface area contributed by atoms with E-state index in [0.717, 1.165) is 4.90 Å². The van der Waals surface area contributed by atoms with E-state index in [9.17, 15) is 18.4 Å². The molecule has 0 spiro atoms. The number of halogens is 2. The molecular formula is C24H20F2N2O3S. The van der Waals surface area contributed by atoms with Crippen LogP contribution in [0.5, 0.6) is 5.75 Å². The van der Waals surface area contributed by atoms with Gasteiger partial charge in [-0.15, -0.1) is 0 Å². The minimum Gasteiger partial charge on any atom is -0.496 e. The fraction of sp³-hybridized carbons (Fsp3) is 0.167. The summed E-state index contributed by atoms with van der Waals surface area (Å²) in [5.74, 6) is -2.74. The molecule has 3 aromatic carbocycles. The molecule has 0 atom stereocenters. The Morgan fingerprint density at radius 1 is 0.969 bits per heavy atom. The number of imide groups is 1. The van der Waals surface area contributed by atoms with Crippen LogP contribution < -0.4 is 10.1 Å². The monoisotopic (exact) mass is 454 g/mol. The number of ether oxygens (including phenoxy) is 1. The maximum absolute atomic E-state index is 13.7. The molecule has 0 aliphatic carbocycles. The Balaban J connectivity index is 1.70. The molecule has 1 saturated heterocycles. The first-order chi connectivity index (χ1) is 15.5.